The lowest BCUT2D eigenvalue weighted by Gasteiger charge is -2.19. The van der Waals surface area contributed by atoms with E-state index in [-0.39, 0.29) is 17.6 Å². The molecule has 30 heavy (non-hydrogen) atoms. The summed E-state index contributed by atoms with van der Waals surface area (Å²) in [7, 11) is 0. The van der Waals surface area contributed by atoms with E-state index in [2.05, 4.69) is 10.6 Å². The second kappa shape index (κ2) is 9.13. The molecule has 0 spiro atoms. The summed E-state index contributed by atoms with van der Waals surface area (Å²) in [6, 6.07) is 19.7. The van der Waals surface area contributed by atoms with Crippen molar-refractivity contribution in [1.82, 2.24) is 10.6 Å². The highest BCUT2D eigenvalue weighted by molar-refractivity contribution is 6.05. The summed E-state index contributed by atoms with van der Waals surface area (Å²) in [5.41, 5.74) is 1.50. The minimum atomic E-state index is -0.391. The third kappa shape index (κ3) is 4.60. The number of hydrogen-bond acceptors (Lipinski definition) is 4. The zero-order valence-corrected chi connectivity index (χ0v) is 16.3. The molecule has 2 amide bonds. The summed E-state index contributed by atoms with van der Waals surface area (Å²) in [5, 5.41) is 5.76. The number of para-hydroxylation sites is 1. The van der Waals surface area contributed by atoms with Gasteiger partial charge in [-0.25, -0.2) is 0 Å². The van der Waals surface area contributed by atoms with Gasteiger partial charge in [-0.15, -0.1) is 0 Å². The van der Waals surface area contributed by atoms with Crippen molar-refractivity contribution in [3.05, 3.63) is 95.6 Å². The molecular formula is C24H22N2O4. The first kappa shape index (κ1) is 19.5. The fourth-order valence-electron chi connectivity index (χ4n) is 3.37. The van der Waals surface area contributed by atoms with E-state index in [1.54, 1.807) is 36.4 Å². The molecule has 1 aliphatic rings. The molecule has 1 unspecified atom stereocenters. The maximum atomic E-state index is 13.1. The Kier molecular flexibility index (Phi) is 5.94. The topological polar surface area (TPSA) is 80.6 Å². The standard InChI is InChI=1S/C24H22N2O4/c27-23(17-8-2-1-3-9-17)26-21(16-18-10-6-14-29-18)24(28)25-20-12-7-15-30-22-13-5-4-11-19(20)22/h1-6,8-11,13-14,16,20H,7,12,15H2,(H,25,28)(H,26,27). The van der Waals surface area contributed by atoms with E-state index in [4.69, 9.17) is 9.15 Å². The number of amides is 2. The van der Waals surface area contributed by atoms with E-state index in [0.29, 0.717) is 17.9 Å². The number of carbonyl (C=O) groups excluding carboxylic acids is 2. The Morgan fingerprint density at radius 1 is 0.967 bits per heavy atom. The molecule has 152 valence electrons. The zero-order chi connectivity index (χ0) is 20.8. The predicted molar refractivity (Wildman–Crippen MR) is 113 cm³/mol. The van der Waals surface area contributed by atoms with E-state index in [0.717, 1.165) is 24.2 Å². The second-order valence-corrected chi connectivity index (χ2v) is 6.95. The molecule has 3 aromatic rings. The van der Waals surface area contributed by atoms with Gasteiger partial charge in [-0.3, -0.25) is 9.59 Å². The minimum absolute atomic E-state index is 0.112. The monoisotopic (exact) mass is 402 g/mol. The number of benzene rings is 2. The van der Waals surface area contributed by atoms with Crippen molar-refractivity contribution in [3.63, 3.8) is 0 Å². The normalized spacial score (nSPS) is 16.0. The first-order chi connectivity index (χ1) is 14.7. The fraction of sp³-hybridized carbons (Fsp3) is 0.167. The summed E-state index contributed by atoms with van der Waals surface area (Å²) >= 11 is 0. The lowest BCUT2D eigenvalue weighted by atomic mass is 10.0. The van der Waals surface area contributed by atoms with Crippen LogP contribution in [0, 0.1) is 0 Å². The van der Waals surface area contributed by atoms with Gasteiger partial charge in [-0.05, 0) is 43.2 Å². The van der Waals surface area contributed by atoms with Gasteiger partial charge in [-0.1, -0.05) is 36.4 Å². The minimum Gasteiger partial charge on any atom is -0.493 e. The molecule has 2 aromatic carbocycles. The molecule has 0 radical (unpaired) electrons. The van der Waals surface area contributed by atoms with Crippen LogP contribution in [0.5, 0.6) is 5.75 Å². The molecule has 1 aromatic heterocycles. The van der Waals surface area contributed by atoms with Crippen molar-refractivity contribution >= 4 is 17.9 Å². The lowest BCUT2D eigenvalue weighted by molar-refractivity contribution is -0.118. The van der Waals surface area contributed by atoms with Crippen LogP contribution in [0.3, 0.4) is 0 Å². The van der Waals surface area contributed by atoms with Gasteiger partial charge >= 0.3 is 0 Å². The van der Waals surface area contributed by atoms with Crippen LogP contribution in [0.1, 0.15) is 40.6 Å². The van der Waals surface area contributed by atoms with E-state index in [1.807, 2.05) is 30.3 Å². The van der Waals surface area contributed by atoms with Crippen molar-refractivity contribution < 1.29 is 18.7 Å². The van der Waals surface area contributed by atoms with Crippen molar-refractivity contribution in [2.24, 2.45) is 0 Å². The summed E-state index contributed by atoms with van der Waals surface area (Å²) in [6.45, 7) is 0.600. The molecule has 0 aliphatic carbocycles. The number of rotatable bonds is 5. The fourth-order valence-corrected chi connectivity index (χ4v) is 3.37. The van der Waals surface area contributed by atoms with Crippen LogP contribution >= 0.6 is 0 Å². The van der Waals surface area contributed by atoms with Crippen LogP contribution in [0.2, 0.25) is 0 Å². The molecule has 2 heterocycles. The van der Waals surface area contributed by atoms with Crippen molar-refractivity contribution in [3.8, 4) is 5.75 Å². The number of carbonyl (C=O) groups is 2. The number of ether oxygens (including phenoxy) is 1. The summed E-state index contributed by atoms with van der Waals surface area (Å²) in [5.74, 6) is 0.480. The molecule has 1 aliphatic heterocycles. The van der Waals surface area contributed by atoms with Gasteiger partial charge < -0.3 is 19.8 Å². The lowest BCUT2D eigenvalue weighted by Crippen LogP contribution is -2.36. The Morgan fingerprint density at radius 3 is 2.57 bits per heavy atom. The largest absolute Gasteiger partial charge is 0.493 e. The summed E-state index contributed by atoms with van der Waals surface area (Å²) in [4.78, 5) is 25.8. The average Bonchev–Trinajstić information content (AvgIpc) is 3.21. The van der Waals surface area contributed by atoms with E-state index in [9.17, 15) is 9.59 Å². The second-order valence-electron chi connectivity index (χ2n) is 6.95. The molecule has 1 atom stereocenters. The smallest absolute Gasteiger partial charge is 0.268 e. The third-order valence-corrected chi connectivity index (χ3v) is 4.85. The highest BCUT2D eigenvalue weighted by Crippen LogP contribution is 2.31. The van der Waals surface area contributed by atoms with Crippen LogP contribution in [0.4, 0.5) is 0 Å². The maximum Gasteiger partial charge on any atom is 0.268 e. The van der Waals surface area contributed by atoms with Crippen LogP contribution in [-0.2, 0) is 4.79 Å². The van der Waals surface area contributed by atoms with Crippen LogP contribution in [0.25, 0.3) is 6.08 Å². The number of furan rings is 1. The van der Waals surface area contributed by atoms with Crippen LogP contribution in [-0.4, -0.2) is 18.4 Å². The van der Waals surface area contributed by atoms with Gasteiger partial charge in [0.1, 0.15) is 17.2 Å². The van der Waals surface area contributed by atoms with Gasteiger partial charge in [-0.2, -0.15) is 0 Å². The molecule has 0 saturated heterocycles. The summed E-state index contributed by atoms with van der Waals surface area (Å²) in [6.07, 6.45) is 4.59. The molecule has 6 heteroatoms. The quantitative estimate of drug-likeness (QED) is 0.630. The van der Waals surface area contributed by atoms with Gasteiger partial charge in [0.05, 0.1) is 18.9 Å². The number of hydrogen-bond donors (Lipinski definition) is 2. The molecule has 0 bridgehead atoms. The van der Waals surface area contributed by atoms with Crippen LogP contribution < -0.4 is 15.4 Å². The van der Waals surface area contributed by atoms with Gasteiger partial charge in [0.15, 0.2) is 0 Å². The Morgan fingerprint density at radius 2 is 1.77 bits per heavy atom. The highest BCUT2D eigenvalue weighted by atomic mass is 16.5. The highest BCUT2D eigenvalue weighted by Gasteiger charge is 2.23. The Balaban J connectivity index is 1.58. The first-order valence-electron chi connectivity index (χ1n) is 9.85. The Labute approximate surface area is 174 Å². The maximum absolute atomic E-state index is 13.1. The molecular weight excluding hydrogens is 380 g/mol. The van der Waals surface area contributed by atoms with Gasteiger partial charge in [0.25, 0.3) is 11.8 Å². The molecule has 0 fully saturated rings. The number of fused-ring (bicyclic) bond motifs is 1. The van der Waals surface area contributed by atoms with E-state index < -0.39 is 5.91 Å². The Bertz CT molecular complexity index is 1040. The number of nitrogens with one attached hydrogen (secondary N) is 2. The van der Waals surface area contributed by atoms with Crippen LogP contribution in [0.15, 0.2) is 83.1 Å². The average molecular weight is 402 g/mol. The first-order valence-corrected chi connectivity index (χ1v) is 9.85. The zero-order valence-electron chi connectivity index (χ0n) is 16.3. The van der Waals surface area contributed by atoms with E-state index >= 15 is 0 Å². The van der Waals surface area contributed by atoms with Crippen molar-refractivity contribution in [1.29, 1.82) is 0 Å². The van der Waals surface area contributed by atoms with E-state index in [1.165, 1.54) is 12.3 Å². The predicted octanol–water partition coefficient (Wildman–Crippen LogP) is 4.08. The van der Waals surface area contributed by atoms with Crippen molar-refractivity contribution in [2.75, 3.05) is 6.61 Å². The molecule has 0 saturated carbocycles. The summed E-state index contributed by atoms with van der Waals surface area (Å²) < 4.78 is 11.1. The molecule has 6 nitrogen and oxygen atoms in total. The Hall–Kier alpha value is -3.80. The third-order valence-electron chi connectivity index (χ3n) is 4.85. The molecule has 4 rings (SSSR count). The molecule has 2 N–H and O–H groups in total. The SMILES string of the molecule is O=C(NC1CCCOc2ccccc21)C(=Cc1ccco1)NC(=O)c1ccccc1. The van der Waals surface area contributed by atoms with Gasteiger partial charge in [0.2, 0.25) is 0 Å². The van der Waals surface area contributed by atoms with Gasteiger partial charge in [0, 0.05) is 17.2 Å². The van der Waals surface area contributed by atoms with Crippen molar-refractivity contribution in [2.45, 2.75) is 18.9 Å².